The Bertz CT molecular complexity index is 322. The molecule has 0 aromatic carbocycles. The third-order valence-corrected chi connectivity index (χ3v) is 5.20. The second-order valence-corrected chi connectivity index (χ2v) is 6.61. The molecule has 1 saturated carbocycles. The number of guanidine groups is 1. The maximum absolute atomic E-state index is 6.04. The third-order valence-electron chi connectivity index (χ3n) is 5.20. The van der Waals surface area contributed by atoms with E-state index in [4.69, 9.17) is 5.73 Å². The van der Waals surface area contributed by atoms with Crippen LogP contribution in [-0.2, 0) is 0 Å². The highest BCUT2D eigenvalue weighted by atomic mass is 15.2. The number of aliphatic imine (C=N–C) groups is 1. The van der Waals surface area contributed by atoms with E-state index < -0.39 is 0 Å². The van der Waals surface area contributed by atoms with E-state index in [2.05, 4.69) is 29.1 Å². The summed E-state index contributed by atoms with van der Waals surface area (Å²) in [6.45, 7) is 8.75. The number of nitrogens with two attached hydrogens (primary N) is 1. The molecule has 1 aliphatic heterocycles. The van der Waals surface area contributed by atoms with Gasteiger partial charge in [-0.1, -0.05) is 26.7 Å². The Kier molecular flexibility index (Phi) is 5.70. The predicted octanol–water partition coefficient (Wildman–Crippen LogP) is 2.35. The number of rotatable bonds is 7. The van der Waals surface area contributed by atoms with E-state index in [1.807, 2.05) is 0 Å². The Morgan fingerprint density at radius 2 is 2.15 bits per heavy atom. The van der Waals surface area contributed by atoms with Gasteiger partial charge in [0.25, 0.3) is 0 Å². The van der Waals surface area contributed by atoms with Crippen LogP contribution in [0.5, 0.6) is 0 Å². The van der Waals surface area contributed by atoms with Gasteiger partial charge < -0.3 is 11.1 Å². The van der Waals surface area contributed by atoms with Gasteiger partial charge in [-0.3, -0.25) is 9.89 Å². The summed E-state index contributed by atoms with van der Waals surface area (Å²) in [6.07, 6.45) is 9.21. The number of likely N-dealkylation sites (tertiary alicyclic amines) is 1. The smallest absolute Gasteiger partial charge is 0.188 e. The minimum Gasteiger partial charge on any atom is -0.370 e. The fourth-order valence-electron chi connectivity index (χ4n) is 3.77. The lowest BCUT2D eigenvalue weighted by atomic mass is 9.66. The van der Waals surface area contributed by atoms with Crippen molar-refractivity contribution in [2.75, 3.05) is 26.2 Å². The van der Waals surface area contributed by atoms with Crippen LogP contribution in [0.15, 0.2) is 4.99 Å². The summed E-state index contributed by atoms with van der Waals surface area (Å²) >= 11 is 0. The number of nitrogens with one attached hydrogen (secondary N) is 1. The molecule has 0 aromatic heterocycles. The van der Waals surface area contributed by atoms with Crippen LogP contribution in [-0.4, -0.2) is 43.1 Å². The molecule has 1 saturated heterocycles. The first-order valence-corrected chi connectivity index (χ1v) is 8.47. The summed E-state index contributed by atoms with van der Waals surface area (Å²) in [4.78, 5) is 7.15. The summed E-state index contributed by atoms with van der Waals surface area (Å²) in [5.41, 5.74) is 6.52. The topological polar surface area (TPSA) is 53.6 Å². The normalized spacial score (nSPS) is 26.5. The quantitative estimate of drug-likeness (QED) is 0.556. The molecule has 4 heteroatoms. The van der Waals surface area contributed by atoms with Gasteiger partial charge in [-0.2, -0.15) is 0 Å². The first-order valence-electron chi connectivity index (χ1n) is 8.47. The fraction of sp³-hybridized carbons (Fsp3) is 0.938. The van der Waals surface area contributed by atoms with Crippen molar-refractivity contribution >= 4 is 5.96 Å². The molecule has 3 N–H and O–H groups in total. The van der Waals surface area contributed by atoms with Crippen LogP contribution in [0.25, 0.3) is 0 Å². The van der Waals surface area contributed by atoms with Crippen LogP contribution in [0.2, 0.25) is 0 Å². The Labute approximate surface area is 124 Å². The van der Waals surface area contributed by atoms with E-state index >= 15 is 0 Å². The molecule has 0 aromatic rings. The van der Waals surface area contributed by atoms with Gasteiger partial charge in [0.05, 0.1) is 0 Å². The molecule has 0 amide bonds. The zero-order valence-corrected chi connectivity index (χ0v) is 13.3. The van der Waals surface area contributed by atoms with Crippen molar-refractivity contribution in [3.05, 3.63) is 0 Å². The molecular formula is C16H32N4. The zero-order chi connectivity index (χ0) is 14.4. The third kappa shape index (κ3) is 3.87. The molecular weight excluding hydrogens is 248 g/mol. The van der Waals surface area contributed by atoms with Crippen LogP contribution in [0.4, 0.5) is 0 Å². The fourth-order valence-corrected chi connectivity index (χ4v) is 3.77. The molecule has 2 fully saturated rings. The SMILES string of the molecule is CCCC1(CN=C(N)NCC2CCCN2CC)CCC1. The molecule has 1 aliphatic carbocycles. The monoisotopic (exact) mass is 280 g/mol. The molecule has 0 radical (unpaired) electrons. The van der Waals surface area contributed by atoms with Crippen molar-refractivity contribution in [1.82, 2.24) is 10.2 Å². The first kappa shape index (κ1) is 15.6. The van der Waals surface area contributed by atoms with Crippen molar-refractivity contribution in [3.63, 3.8) is 0 Å². The van der Waals surface area contributed by atoms with Crippen molar-refractivity contribution in [3.8, 4) is 0 Å². The standard InChI is InChI=1S/C16H32N4/c1-3-8-16(9-6-10-16)13-19-15(17)18-12-14-7-5-11-20(14)4-2/h14H,3-13H2,1-2H3,(H3,17,18,19). The summed E-state index contributed by atoms with van der Waals surface area (Å²) in [7, 11) is 0. The number of likely N-dealkylation sites (N-methyl/N-ethyl adjacent to an activating group) is 1. The molecule has 1 atom stereocenters. The highest BCUT2D eigenvalue weighted by molar-refractivity contribution is 5.77. The number of nitrogens with zero attached hydrogens (tertiary/aromatic N) is 2. The van der Waals surface area contributed by atoms with Crippen LogP contribution in [0.1, 0.15) is 58.8 Å². The number of hydrogen-bond donors (Lipinski definition) is 2. The van der Waals surface area contributed by atoms with E-state index in [1.165, 1.54) is 51.5 Å². The Hall–Kier alpha value is -0.770. The van der Waals surface area contributed by atoms with Crippen LogP contribution < -0.4 is 11.1 Å². The molecule has 0 spiro atoms. The lowest BCUT2D eigenvalue weighted by Crippen LogP contribution is -2.43. The number of hydrogen-bond acceptors (Lipinski definition) is 2. The van der Waals surface area contributed by atoms with Crippen LogP contribution in [0.3, 0.4) is 0 Å². The minimum absolute atomic E-state index is 0.476. The maximum atomic E-state index is 6.04. The van der Waals surface area contributed by atoms with Crippen molar-refractivity contribution in [2.45, 2.75) is 64.8 Å². The van der Waals surface area contributed by atoms with Crippen molar-refractivity contribution in [1.29, 1.82) is 0 Å². The molecule has 4 nitrogen and oxygen atoms in total. The lowest BCUT2D eigenvalue weighted by molar-refractivity contribution is 0.130. The maximum Gasteiger partial charge on any atom is 0.188 e. The average molecular weight is 280 g/mol. The van der Waals surface area contributed by atoms with E-state index in [9.17, 15) is 0 Å². The van der Waals surface area contributed by atoms with Gasteiger partial charge in [0.1, 0.15) is 0 Å². The highest BCUT2D eigenvalue weighted by Crippen LogP contribution is 2.44. The van der Waals surface area contributed by atoms with E-state index in [-0.39, 0.29) is 0 Å². The Balaban J connectivity index is 1.73. The molecule has 0 bridgehead atoms. The largest absolute Gasteiger partial charge is 0.370 e. The zero-order valence-electron chi connectivity index (χ0n) is 13.3. The predicted molar refractivity (Wildman–Crippen MR) is 86.0 cm³/mol. The van der Waals surface area contributed by atoms with Gasteiger partial charge in [-0.15, -0.1) is 0 Å². The van der Waals surface area contributed by atoms with E-state index in [0.717, 1.165) is 19.6 Å². The second kappa shape index (κ2) is 7.30. The summed E-state index contributed by atoms with van der Waals surface area (Å²) < 4.78 is 0. The molecule has 1 unspecified atom stereocenters. The van der Waals surface area contributed by atoms with Crippen molar-refractivity contribution < 1.29 is 0 Å². The Morgan fingerprint density at radius 3 is 2.75 bits per heavy atom. The van der Waals surface area contributed by atoms with E-state index in [1.54, 1.807) is 0 Å². The van der Waals surface area contributed by atoms with Crippen LogP contribution >= 0.6 is 0 Å². The molecule has 116 valence electrons. The van der Waals surface area contributed by atoms with Gasteiger partial charge in [0, 0.05) is 19.1 Å². The van der Waals surface area contributed by atoms with Crippen LogP contribution in [0, 0.1) is 5.41 Å². The van der Waals surface area contributed by atoms with Crippen molar-refractivity contribution in [2.24, 2.45) is 16.1 Å². The van der Waals surface area contributed by atoms with Gasteiger partial charge >= 0.3 is 0 Å². The van der Waals surface area contributed by atoms with Gasteiger partial charge in [-0.05, 0) is 50.6 Å². The minimum atomic E-state index is 0.476. The van der Waals surface area contributed by atoms with Gasteiger partial charge in [0.15, 0.2) is 5.96 Å². The average Bonchev–Trinajstić information content (AvgIpc) is 2.86. The lowest BCUT2D eigenvalue weighted by Gasteiger charge is -2.40. The summed E-state index contributed by atoms with van der Waals surface area (Å²) in [5.74, 6) is 0.648. The molecule has 2 aliphatic rings. The molecule has 1 heterocycles. The Morgan fingerprint density at radius 1 is 1.35 bits per heavy atom. The van der Waals surface area contributed by atoms with Gasteiger partial charge in [0.2, 0.25) is 0 Å². The van der Waals surface area contributed by atoms with E-state index in [0.29, 0.717) is 17.4 Å². The second-order valence-electron chi connectivity index (χ2n) is 6.61. The van der Waals surface area contributed by atoms with Gasteiger partial charge in [-0.25, -0.2) is 0 Å². The molecule has 20 heavy (non-hydrogen) atoms. The summed E-state index contributed by atoms with van der Waals surface area (Å²) in [6, 6.07) is 0.641. The first-order chi connectivity index (χ1) is 9.69. The highest BCUT2D eigenvalue weighted by Gasteiger charge is 2.35. The molecule has 2 rings (SSSR count). The summed E-state index contributed by atoms with van der Waals surface area (Å²) in [5, 5.41) is 3.34.